The standard InChI is InChI=1S/C32H38N6O5/c1-32(2,3)43-31(41)35-25-20-13-23(39)27(25)38(16-20)30(40)19-11-21-26(24(14-19)42-5)36(4)29(34-21)22-12-18-7-6-10-33-28(18)37(22)15-17-8-9-17/h6-7,10-12,14,17,20,23,25,27,39H,8-9,13,15-16H2,1-5H3,(H,35,41)/t20-,23+,25-,27-/m1/s1. The Morgan fingerprint density at radius 2 is 1.98 bits per heavy atom. The molecule has 2 bridgehead atoms. The molecular weight excluding hydrogens is 548 g/mol. The monoisotopic (exact) mass is 586 g/mol. The molecule has 11 heteroatoms. The molecule has 0 spiro atoms. The van der Waals surface area contributed by atoms with Gasteiger partial charge in [-0.2, -0.15) is 0 Å². The van der Waals surface area contributed by atoms with Crippen LogP contribution in [-0.4, -0.2) is 78.6 Å². The molecule has 2 amide bonds. The normalized spacial score (nSPS) is 23.3. The molecule has 1 aliphatic heterocycles. The van der Waals surface area contributed by atoms with Gasteiger partial charge in [0.15, 0.2) is 5.82 Å². The van der Waals surface area contributed by atoms with Crippen molar-refractivity contribution in [3.05, 3.63) is 42.1 Å². The van der Waals surface area contributed by atoms with Crippen LogP contribution in [0.2, 0.25) is 0 Å². The molecular formula is C32H38N6O5. The van der Waals surface area contributed by atoms with E-state index < -0.39 is 23.8 Å². The van der Waals surface area contributed by atoms with Crippen molar-refractivity contribution in [2.75, 3.05) is 13.7 Å². The third-order valence-electron chi connectivity index (χ3n) is 8.97. The summed E-state index contributed by atoms with van der Waals surface area (Å²) in [4.78, 5) is 37.9. The number of aryl methyl sites for hydroxylation is 1. The van der Waals surface area contributed by atoms with Crippen molar-refractivity contribution >= 4 is 34.1 Å². The second kappa shape index (κ2) is 9.97. The smallest absolute Gasteiger partial charge is 0.407 e. The van der Waals surface area contributed by atoms with Crippen LogP contribution in [0.1, 0.15) is 50.4 Å². The Morgan fingerprint density at radius 1 is 1.19 bits per heavy atom. The van der Waals surface area contributed by atoms with E-state index in [0.717, 1.165) is 34.6 Å². The summed E-state index contributed by atoms with van der Waals surface area (Å²) in [6, 6.07) is 8.75. The first-order chi connectivity index (χ1) is 20.5. The molecule has 4 aromatic rings. The first kappa shape index (κ1) is 27.7. The Morgan fingerprint density at radius 3 is 2.70 bits per heavy atom. The number of aliphatic hydroxyl groups is 1. The molecule has 2 aliphatic carbocycles. The van der Waals surface area contributed by atoms with E-state index in [1.165, 1.54) is 12.8 Å². The number of fused-ring (bicyclic) bond motifs is 4. The number of hydrogen-bond acceptors (Lipinski definition) is 7. The number of carbonyl (C=O) groups excluding carboxylic acids is 2. The summed E-state index contributed by atoms with van der Waals surface area (Å²) in [6.07, 6.45) is 3.49. The zero-order chi connectivity index (χ0) is 30.2. The third-order valence-corrected chi connectivity index (χ3v) is 8.97. The van der Waals surface area contributed by atoms with Crippen molar-refractivity contribution in [3.63, 3.8) is 0 Å². The predicted molar refractivity (Wildman–Crippen MR) is 161 cm³/mol. The number of piperidine rings is 1. The van der Waals surface area contributed by atoms with Crippen LogP contribution in [-0.2, 0) is 18.3 Å². The predicted octanol–water partition coefficient (Wildman–Crippen LogP) is 4.11. The Kier molecular flexibility index (Phi) is 6.42. The number of aromatic nitrogens is 4. The minimum absolute atomic E-state index is 0.0643. The number of methoxy groups -OCH3 is 1. The zero-order valence-corrected chi connectivity index (χ0v) is 25.2. The summed E-state index contributed by atoms with van der Waals surface area (Å²) in [5, 5.41) is 14.8. The van der Waals surface area contributed by atoms with Crippen molar-refractivity contribution in [3.8, 4) is 17.3 Å². The average molecular weight is 587 g/mol. The van der Waals surface area contributed by atoms with E-state index in [9.17, 15) is 14.7 Å². The Labute approximate surface area is 249 Å². The van der Waals surface area contributed by atoms with E-state index in [4.69, 9.17) is 14.5 Å². The largest absolute Gasteiger partial charge is 0.494 e. The highest BCUT2D eigenvalue weighted by Gasteiger charge is 2.54. The molecule has 0 unspecified atom stereocenters. The topological polar surface area (TPSA) is 124 Å². The number of carbonyl (C=O) groups is 2. The van der Waals surface area contributed by atoms with Gasteiger partial charge in [0.1, 0.15) is 22.5 Å². The number of pyridine rings is 1. The summed E-state index contributed by atoms with van der Waals surface area (Å²) in [6.45, 7) is 6.73. The van der Waals surface area contributed by atoms with Gasteiger partial charge < -0.3 is 33.9 Å². The summed E-state index contributed by atoms with van der Waals surface area (Å²) in [5.41, 5.74) is 3.13. The van der Waals surface area contributed by atoms with Crippen molar-refractivity contribution in [1.82, 2.24) is 29.3 Å². The van der Waals surface area contributed by atoms with Gasteiger partial charge in [0.25, 0.3) is 5.91 Å². The lowest BCUT2D eigenvalue weighted by atomic mass is 10.1. The fourth-order valence-electron chi connectivity index (χ4n) is 6.94. The second-order valence-electron chi connectivity index (χ2n) is 13.2. The van der Waals surface area contributed by atoms with Crippen LogP contribution in [0.15, 0.2) is 36.5 Å². The second-order valence-corrected chi connectivity index (χ2v) is 13.2. The third kappa shape index (κ3) is 4.79. The van der Waals surface area contributed by atoms with Gasteiger partial charge in [-0.15, -0.1) is 0 Å². The van der Waals surface area contributed by atoms with E-state index in [1.807, 2.05) is 23.9 Å². The van der Waals surface area contributed by atoms with Gasteiger partial charge in [-0.25, -0.2) is 14.8 Å². The first-order valence-corrected chi connectivity index (χ1v) is 15.0. The number of alkyl carbamates (subject to hydrolysis) is 1. The number of benzene rings is 1. The van der Waals surface area contributed by atoms with Crippen LogP contribution < -0.4 is 10.1 Å². The highest BCUT2D eigenvalue weighted by atomic mass is 16.6. The van der Waals surface area contributed by atoms with Crippen LogP contribution in [0.4, 0.5) is 4.79 Å². The van der Waals surface area contributed by atoms with Gasteiger partial charge in [-0.3, -0.25) is 4.79 Å². The number of ether oxygens (including phenoxy) is 2. The molecule has 3 fully saturated rings. The molecule has 4 atom stereocenters. The number of imidazole rings is 1. The lowest BCUT2D eigenvalue weighted by Crippen LogP contribution is -2.51. The van der Waals surface area contributed by atoms with Crippen molar-refractivity contribution in [2.45, 2.75) is 70.4 Å². The molecule has 4 heterocycles. The van der Waals surface area contributed by atoms with Crippen LogP contribution in [0, 0.1) is 11.8 Å². The minimum atomic E-state index is -0.739. The Hall–Kier alpha value is -4.12. The van der Waals surface area contributed by atoms with Gasteiger partial charge >= 0.3 is 6.09 Å². The van der Waals surface area contributed by atoms with E-state index >= 15 is 0 Å². The molecule has 1 saturated heterocycles. The lowest BCUT2D eigenvalue weighted by Gasteiger charge is -2.31. The van der Waals surface area contributed by atoms with E-state index in [-0.39, 0.29) is 17.9 Å². The first-order valence-electron chi connectivity index (χ1n) is 15.0. The summed E-state index contributed by atoms with van der Waals surface area (Å²) in [5.74, 6) is 1.66. The minimum Gasteiger partial charge on any atom is -0.494 e. The van der Waals surface area contributed by atoms with Gasteiger partial charge in [-0.1, -0.05) is 0 Å². The van der Waals surface area contributed by atoms with Crippen LogP contribution in [0.5, 0.6) is 5.75 Å². The van der Waals surface area contributed by atoms with Crippen molar-refractivity contribution < 1.29 is 24.2 Å². The molecule has 3 aromatic heterocycles. The fraction of sp³-hybridized carbons (Fsp3) is 0.500. The maximum absolute atomic E-state index is 14.0. The zero-order valence-electron chi connectivity index (χ0n) is 25.2. The molecule has 43 heavy (non-hydrogen) atoms. The summed E-state index contributed by atoms with van der Waals surface area (Å²) in [7, 11) is 3.55. The maximum atomic E-state index is 14.0. The van der Waals surface area contributed by atoms with E-state index in [0.29, 0.717) is 35.7 Å². The molecule has 0 radical (unpaired) electrons. The van der Waals surface area contributed by atoms with Crippen LogP contribution >= 0.6 is 0 Å². The van der Waals surface area contributed by atoms with Crippen molar-refractivity contribution in [2.24, 2.45) is 18.9 Å². The number of nitrogens with zero attached hydrogens (tertiary/aromatic N) is 5. The Balaban J connectivity index is 1.23. The van der Waals surface area contributed by atoms with E-state index in [1.54, 1.807) is 44.9 Å². The number of likely N-dealkylation sites (tertiary alicyclic amines) is 1. The molecule has 11 nitrogen and oxygen atoms in total. The molecule has 2 N–H and O–H groups in total. The number of aliphatic hydroxyl groups excluding tert-OH is 1. The van der Waals surface area contributed by atoms with Crippen molar-refractivity contribution in [1.29, 1.82) is 0 Å². The quantitative estimate of drug-likeness (QED) is 0.349. The highest BCUT2D eigenvalue weighted by Crippen LogP contribution is 2.41. The molecule has 7 rings (SSSR count). The molecule has 3 aliphatic rings. The molecule has 2 saturated carbocycles. The number of rotatable bonds is 6. The average Bonchev–Trinajstić information content (AvgIpc) is 3.36. The van der Waals surface area contributed by atoms with Crippen LogP contribution in [0.25, 0.3) is 33.6 Å². The SMILES string of the molecule is COc1cc(C(=O)N2C[C@H]3C[C@H](O)[C@@H]2[C@@H]3NC(=O)OC(C)(C)C)cc2nc(-c3cc4cccnc4n3CC3CC3)n(C)c12. The highest BCUT2D eigenvalue weighted by molar-refractivity contribution is 6.00. The number of hydrogen-bond donors (Lipinski definition) is 2. The van der Waals surface area contributed by atoms with Crippen LogP contribution in [0.3, 0.4) is 0 Å². The summed E-state index contributed by atoms with van der Waals surface area (Å²) >= 11 is 0. The molecule has 226 valence electrons. The van der Waals surface area contributed by atoms with Gasteiger partial charge in [0, 0.05) is 43.2 Å². The number of nitrogens with one attached hydrogen (secondary N) is 1. The lowest BCUT2D eigenvalue weighted by molar-refractivity contribution is 0.0351. The van der Waals surface area contributed by atoms with Gasteiger partial charge in [-0.05, 0) is 76.3 Å². The Bertz CT molecular complexity index is 1750. The molecule has 1 aromatic carbocycles. The van der Waals surface area contributed by atoms with Gasteiger partial charge in [0.05, 0.1) is 36.5 Å². The van der Waals surface area contributed by atoms with E-state index in [2.05, 4.69) is 27.0 Å². The van der Waals surface area contributed by atoms with Gasteiger partial charge in [0.2, 0.25) is 0 Å². The summed E-state index contributed by atoms with van der Waals surface area (Å²) < 4.78 is 15.5. The number of amides is 2. The fourth-order valence-corrected chi connectivity index (χ4v) is 6.94. The maximum Gasteiger partial charge on any atom is 0.407 e.